The van der Waals surface area contributed by atoms with Crippen LogP contribution in [0.3, 0.4) is 0 Å². The van der Waals surface area contributed by atoms with E-state index < -0.39 is 9.57 Å². The first-order valence-corrected chi connectivity index (χ1v) is 8.29. The molecule has 0 aromatic heterocycles. The van der Waals surface area contributed by atoms with Gasteiger partial charge >= 0.3 is 16.7 Å². The molecule has 6 heteroatoms. The Morgan fingerprint density at radius 3 is 2.38 bits per heavy atom. The van der Waals surface area contributed by atoms with Gasteiger partial charge in [0.25, 0.3) is 0 Å². The Balaban J connectivity index is 2.25. The Bertz CT molecular complexity index is 505. The van der Waals surface area contributed by atoms with Crippen LogP contribution in [0.4, 0.5) is 0 Å². The molecule has 2 rings (SSSR count). The standard InChI is InChI=1S/C15H23BNO3Si/c1-6-13(17-21-18)11-8-7-9-12(10-11)16-19-14(2,3)15(4,5)20-16/h7-10,13,17H,6H2,1-5H3/t13-/m1/s1. The molecule has 1 aromatic rings. The molecular formula is C15H23BNO3Si. The first-order chi connectivity index (χ1) is 9.80. The number of rotatable bonds is 5. The third kappa shape index (κ3) is 3.28. The lowest BCUT2D eigenvalue weighted by Gasteiger charge is -2.32. The highest BCUT2D eigenvalue weighted by molar-refractivity contribution is 6.62. The Morgan fingerprint density at radius 2 is 1.86 bits per heavy atom. The van der Waals surface area contributed by atoms with E-state index in [-0.39, 0.29) is 24.4 Å². The topological polar surface area (TPSA) is 47.6 Å². The predicted octanol–water partition coefficient (Wildman–Crippen LogP) is 1.99. The smallest absolute Gasteiger partial charge is 0.399 e. The average Bonchev–Trinajstić information content (AvgIpc) is 2.65. The molecule has 0 saturated carbocycles. The van der Waals surface area contributed by atoms with Crippen LogP contribution in [0.25, 0.3) is 0 Å². The second kappa shape index (κ2) is 6.03. The summed E-state index contributed by atoms with van der Waals surface area (Å²) in [6.07, 6.45) is 0.877. The number of hydrogen-bond donors (Lipinski definition) is 1. The van der Waals surface area contributed by atoms with Crippen molar-refractivity contribution in [1.29, 1.82) is 0 Å². The van der Waals surface area contributed by atoms with E-state index in [0.717, 1.165) is 17.4 Å². The van der Waals surface area contributed by atoms with Crippen molar-refractivity contribution >= 4 is 22.1 Å². The number of nitrogens with one attached hydrogen (secondary N) is 1. The fraction of sp³-hybridized carbons (Fsp3) is 0.600. The van der Waals surface area contributed by atoms with Gasteiger partial charge in [0.15, 0.2) is 0 Å². The Kier molecular flexibility index (Phi) is 4.70. The summed E-state index contributed by atoms with van der Waals surface area (Å²) >= 11 is 0. The van der Waals surface area contributed by atoms with Crippen LogP contribution in [0.15, 0.2) is 24.3 Å². The summed E-state index contributed by atoms with van der Waals surface area (Å²) in [6, 6.07) is 8.20. The van der Waals surface area contributed by atoms with Gasteiger partial charge in [-0.3, -0.25) is 0 Å². The van der Waals surface area contributed by atoms with Gasteiger partial charge in [-0.25, -0.2) is 0 Å². The number of hydrogen-bond acceptors (Lipinski definition) is 3. The van der Waals surface area contributed by atoms with Crippen LogP contribution in [0, 0.1) is 0 Å². The molecule has 4 nitrogen and oxygen atoms in total. The molecule has 1 N–H and O–H groups in total. The van der Waals surface area contributed by atoms with Crippen LogP contribution in [-0.4, -0.2) is 27.9 Å². The molecule has 0 aliphatic carbocycles. The lowest BCUT2D eigenvalue weighted by molar-refractivity contribution is 0.00578. The molecule has 0 bridgehead atoms. The molecule has 1 heterocycles. The summed E-state index contributed by atoms with van der Waals surface area (Å²) in [4.78, 5) is 2.99. The molecule has 1 aliphatic heterocycles. The van der Waals surface area contributed by atoms with Crippen molar-refractivity contribution in [3.8, 4) is 0 Å². The van der Waals surface area contributed by atoms with E-state index in [0.29, 0.717) is 0 Å². The average molecular weight is 304 g/mol. The highest BCUT2D eigenvalue weighted by atomic mass is 28.2. The second-order valence-corrected chi connectivity index (χ2v) is 6.96. The summed E-state index contributed by atoms with van der Waals surface area (Å²) in [5.74, 6) is 0. The summed E-state index contributed by atoms with van der Waals surface area (Å²) in [5, 5.41) is 0. The second-order valence-electron chi connectivity index (χ2n) is 6.47. The Labute approximate surface area is 129 Å². The fourth-order valence-corrected chi connectivity index (χ4v) is 2.91. The monoisotopic (exact) mass is 304 g/mol. The van der Waals surface area contributed by atoms with E-state index in [1.165, 1.54) is 0 Å². The highest BCUT2D eigenvalue weighted by Crippen LogP contribution is 2.36. The van der Waals surface area contributed by atoms with Crippen molar-refractivity contribution < 1.29 is 13.8 Å². The molecule has 1 atom stereocenters. The van der Waals surface area contributed by atoms with Gasteiger partial charge in [0.2, 0.25) is 0 Å². The van der Waals surface area contributed by atoms with Gasteiger partial charge in [0, 0.05) is 6.04 Å². The van der Waals surface area contributed by atoms with E-state index in [4.69, 9.17) is 9.31 Å². The quantitative estimate of drug-likeness (QED) is 0.845. The van der Waals surface area contributed by atoms with Crippen LogP contribution in [0.5, 0.6) is 0 Å². The third-order valence-electron chi connectivity index (χ3n) is 4.48. The van der Waals surface area contributed by atoms with E-state index in [2.05, 4.69) is 18.0 Å². The fourth-order valence-electron chi connectivity index (χ4n) is 2.39. The van der Waals surface area contributed by atoms with Crippen molar-refractivity contribution in [3.63, 3.8) is 0 Å². The molecule has 1 fully saturated rings. The summed E-state index contributed by atoms with van der Waals surface area (Å²) in [5.41, 5.74) is 1.42. The zero-order chi connectivity index (χ0) is 15.7. The highest BCUT2D eigenvalue weighted by Gasteiger charge is 2.51. The molecule has 0 unspecified atom stereocenters. The molecule has 1 saturated heterocycles. The van der Waals surface area contributed by atoms with Crippen LogP contribution in [0.2, 0.25) is 0 Å². The van der Waals surface area contributed by atoms with Gasteiger partial charge in [-0.15, -0.1) is 0 Å². The van der Waals surface area contributed by atoms with E-state index >= 15 is 0 Å². The van der Waals surface area contributed by atoms with Crippen LogP contribution >= 0.6 is 0 Å². The van der Waals surface area contributed by atoms with Gasteiger partial charge in [0.05, 0.1) is 11.2 Å². The van der Waals surface area contributed by atoms with Gasteiger partial charge in [0.1, 0.15) is 0 Å². The van der Waals surface area contributed by atoms with Crippen LogP contribution < -0.4 is 10.4 Å². The van der Waals surface area contributed by atoms with Crippen molar-refractivity contribution in [2.24, 2.45) is 0 Å². The van der Waals surface area contributed by atoms with Crippen molar-refractivity contribution in [1.82, 2.24) is 4.98 Å². The van der Waals surface area contributed by atoms with Crippen LogP contribution in [0.1, 0.15) is 52.6 Å². The SMILES string of the molecule is CC[C@@H](N[Si]=O)c1cccc(B2OC(C)(C)C(C)(C)O2)c1. The van der Waals surface area contributed by atoms with E-state index in [9.17, 15) is 4.46 Å². The summed E-state index contributed by atoms with van der Waals surface area (Å²) in [7, 11) is -0.865. The van der Waals surface area contributed by atoms with Crippen molar-refractivity contribution in [2.75, 3.05) is 0 Å². The van der Waals surface area contributed by atoms with Crippen LogP contribution in [-0.2, 0) is 13.8 Å². The predicted molar refractivity (Wildman–Crippen MR) is 84.8 cm³/mol. The normalized spacial score (nSPS) is 21.1. The maximum atomic E-state index is 10.9. The largest absolute Gasteiger partial charge is 0.494 e. The molecule has 1 aromatic carbocycles. The lowest BCUT2D eigenvalue weighted by atomic mass is 9.78. The van der Waals surface area contributed by atoms with Gasteiger partial charge in [-0.1, -0.05) is 31.2 Å². The molecule has 1 radical (unpaired) electrons. The minimum Gasteiger partial charge on any atom is -0.399 e. The molecule has 1 aliphatic rings. The molecule has 113 valence electrons. The number of benzene rings is 1. The summed E-state index contributed by atoms with van der Waals surface area (Å²) < 4.78 is 23.0. The van der Waals surface area contributed by atoms with Gasteiger partial charge < -0.3 is 18.8 Å². The van der Waals surface area contributed by atoms with Crippen molar-refractivity contribution in [2.45, 2.75) is 58.3 Å². The van der Waals surface area contributed by atoms with E-state index in [1.807, 2.05) is 45.9 Å². The zero-order valence-electron chi connectivity index (χ0n) is 13.4. The first-order valence-electron chi connectivity index (χ1n) is 7.39. The van der Waals surface area contributed by atoms with Gasteiger partial charge in [-0.05, 0) is 45.1 Å². The minimum atomic E-state index is -0.506. The minimum absolute atomic E-state index is 0.0863. The lowest BCUT2D eigenvalue weighted by Crippen LogP contribution is -2.41. The van der Waals surface area contributed by atoms with Crippen molar-refractivity contribution in [3.05, 3.63) is 29.8 Å². The Hall–Kier alpha value is -0.978. The first kappa shape index (κ1) is 16.4. The summed E-state index contributed by atoms with van der Waals surface area (Å²) in [6.45, 7) is 10.3. The third-order valence-corrected chi connectivity index (χ3v) is 4.95. The van der Waals surface area contributed by atoms with E-state index in [1.54, 1.807) is 0 Å². The maximum absolute atomic E-state index is 10.9. The molecule has 0 amide bonds. The zero-order valence-corrected chi connectivity index (χ0v) is 14.4. The maximum Gasteiger partial charge on any atom is 0.494 e. The Morgan fingerprint density at radius 1 is 1.24 bits per heavy atom. The molecule has 21 heavy (non-hydrogen) atoms. The van der Waals surface area contributed by atoms with Gasteiger partial charge in [-0.2, -0.15) is 0 Å². The molecule has 0 spiro atoms. The molecular weight excluding hydrogens is 281 g/mol.